The molecular weight excluding hydrogens is 1020 g/mol. The molecule has 2 N–H and O–H groups in total. The van der Waals surface area contributed by atoms with Crippen LogP contribution in [0.1, 0.15) is 204 Å². The summed E-state index contributed by atoms with van der Waals surface area (Å²) in [7, 11) is -7.57. The maximum Gasteiger partial charge on any atom is 0.410 e. The van der Waals surface area contributed by atoms with Gasteiger partial charge in [-0.05, 0) is 95.9 Å². The summed E-state index contributed by atoms with van der Waals surface area (Å²) in [6.45, 7) is 8.58. The molecule has 17 heteroatoms. The summed E-state index contributed by atoms with van der Waals surface area (Å²) >= 11 is 0. The van der Waals surface area contributed by atoms with Gasteiger partial charge >= 0.3 is 6.09 Å². The van der Waals surface area contributed by atoms with Gasteiger partial charge in [0.1, 0.15) is 18.3 Å². The number of carbonyl (C=O) groups excluding carboxylic acids is 1. The van der Waals surface area contributed by atoms with E-state index >= 15 is 0 Å². The number of carbonyl (C=O) groups is 1. The number of hydrogen-bond acceptors (Lipinski definition) is 14. The van der Waals surface area contributed by atoms with Crippen LogP contribution in [0.25, 0.3) is 0 Å². The first-order chi connectivity index (χ1) is 37.3. The fraction of sp³-hybridized carbons (Fsp3) is 0.783. The summed E-state index contributed by atoms with van der Waals surface area (Å²) in [5.74, 6) is 0. The first kappa shape index (κ1) is 66.8. The van der Waals surface area contributed by atoms with Crippen LogP contribution in [-0.4, -0.2) is 134 Å². The van der Waals surface area contributed by atoms with E-state index in [2.05, 4.69) is 6.92 Å². The van der Waals surface area contributed by atoms with Gasteiger partial charge in [-0.1, -0.05) is 171 Å². The van der Waals surface area contributed by atoms with E-state index in [-0.39, 0.29) is 61.6 Å². The van der Waals surface area contributed by atoms with Crippen molar-refractivity contribution in [1.82, 2.24) is 4.90 Å². The van der Waals surface area contributed by atoms with Gasteiger partial charge in [-0.25, -0.2) is 4.79 Å². The number of amides is 1. The minimum Gasteiger partial charge on any atom is -0.443 e. The smallest absolute Gasteiger partial charge is 0.410 e. The Hall–Kier alpha value is -2.71. The van der Waals surface area contributed by atoms with Crippen LogP contribution in [-0.2, 0) is 52.3 Å². The van der Waals surface area contributed by atoms with Crippen LogP contribution in [0.4, 0.5) is 4.79 Å². The van der Waals surface area contributed by atoms with Crippen molar-refractivity contribution >= 4 is 26.3 Å². The molecular formula is C60H101NO14S2. The summed E-state index contributed by atoms with van der Waals surface area (Å²) in [5.41, 5.74) is 1.95. The number of benzene rings is 2. The number of aryl methyl sites for hydroxylation is 2. The number of nitrogens with zero attached hydrogens (tertiary/aromatic N) is 1. The molecule has 4 rings (SSSR count). The Morgan fingerprint density at radius 2 is 0.961 bits per heavy atom. The second-order valence-corrected chi connectivity index (χ2v) is 24.9. The topological polar surface area (TPSA) is 194 Å². The summed E-state index contributed by atoms with van der Waals surface area (Å²) in [4.78, 5) is 16.5. The van der Waals surface area contributed by atoms with Gasteiger partial charge in [0.25, 0.3) is 20.2 Å². The molecule has 6 unspecified atom stereocenters. The highest BCUT2D eigenvalue weighted by Crippen LogP contribution is 2.26. The second kappa shape index (κ2) is 39.6. The third kappa shape index (κ3) is 28.5. The Morgan fingerprint density at radius 1 is 0.558 bits per heavy atom. The van der Waals surface area contributed by atoms with E-state index in [1.54, 1.807) is 48.5 Å². The van der Waals surface area contributed by atoms with Crippen molar-refractivity contribution in [3.8, 4) is 0 Å². The SMILES string of the molecule is CCCCCCCCCCCCCCCCCN(C(=O)OC1CCCOC1COCC(O)CCCCCCOS(=O)(=O)c1ccc(C)cc1)C1CCCOC1COCC(O)CCCCCCOS(=O)(=O)c1ccc(C)cc1. The van der Waals surface area contributed by atoms with Gasteiger partial charge in [0.05, 0.1) is 67.7 Å². The lowest BCUT2D eigenvalue weighted by Crippen LogP contribution is -2.54. The molecule has 442 valence electrons. The standard InChI is InChI=1S/C60H101NO14S2/c1-4-5-6-7-8-9-10-11-12-13-14-15-16-19-24-41-61(56-31-27-42-71-58(56)48-69-46-52(62)29-22-17-20-25-44-73-76(65,66)54-37-33-50(2)34-38-54)60(64)75-57-32-28-43-72-59(57)49-70-47-53(63)30-23-18-21-26-45-74-77(67,68)55-39-35-51(3)36-40-55/h33-40,52-53,56-59,62-63H,4-32,41-49H2,1-3H3. The zero-order valence-corrected chi connectivity index (χ0v) is 49.1. The summed E-state index contributed by atoms with van der Waals surface area (Å²) in [6, 6.07) is 12.9. The molecule has 2 aliphatic rings. The molecule has 77 heavy (non-hydrogen) atoms. The molecule has 0 radical (unpaired) electrons. The molecule has 2 fully saturated rings. The van der Waals surface area contributed by atoms with E-state index in [9.17, 15) is 31.8 Å². The van der Waals surface area contributed by atoms with Gasteiger partial charge in [-0.15, -0.1) is 0 Å². The van der Waals surface area contributed by atoms with Crippen molar-refractivity contribution in [2.45, 2.75) is 253 Å². The number of hydrogen-bond donors (Lipinski definition) is 2. The van der Waals surface area contributed by atoms with Gasteiger partial charge < -0.3 is 38.8 Å². The van der Waals surface area contributed by atoms with E-state index in [4.69, 9.17) is 32.1 Å². The predicted octanol–water partition coefficient (Wildman–Crippen LogP) is 12.5. The van der Waals surface area contributed by atoms with Crippen molar-refractivity contribution in [1.29, 1.82) is 0 Å². The number of rotatable bonds is 44. The molecule has 0 aliphatic carbocycles. The van der Waals surface area contributed by atoms with Crippen molar-refractivity contribution in [2.75, 3.05) is 59.4 Å². The van der Waals surface area contributed by atoms with E-state index in [1.165, 1.54) is 77.0 Å². The summed E-state index contributed by atoms with van der Waals surface area (Å²) in [5, 5.41) is 21.5. The van der Waals surface area contributed by atoms with Crippen molar-refractivity contribution in [2.24, 2.45) is 0 Å². The zero-order valence-electron chi connectivity index (χ0n) is 47.5. The molecule has 2 aromatic rings. The highest BCUT2D eigenvalue weighted by molar-refractivity contribution is 7.87. The molecule has 0 bridgehead atoms. The van der Waals surface area contributed by atoms with E-state index in [0.29, 0.717) is 51.9 Å². The first-order valence-electron chi connectivity index (χ1n) is 29.9. The number of unbranched alkanes of at least 4 members (excludes halogenated alkanes) is 20. The zero-order chi connectivity index (χ0) is 55.4. The van der Waals surface area contributed by atoms with E-state index in [0.717, 1.165) is 88.2 Å². The summed E-state index contributed by atoms with van der Waals surface area (Å²) < 4.78 is 91.1. The van der Waals surface area contributed by atoms with Gasteiger partial charge in [0, 0.05) is 19.8 Å². The Balaban J connectivity index is 1.19. The van der Waals surface area contributed by atoms with E-state index < -0.39 is 50.7 Å². The molecule has 6 atom stereocenters. The number of aliphatic hydroxyl groups is 2. The normalized spacial score (nSPS) is 19.0. The Kier molecular flexibility index (Phi) is 34.4. The fourth-order valence-corrected chi connectivity index (χ4v) is 11.9. The lowest BCUT2D eigenvalue weighted by molar-refractivity contribution is -0.128. The van der Waals surface area contributed by atoms with Gasteiger partial charge in [0.15, 0.2) is 0 Å². The molecule has 15 nitrogen and oxygen atoms in total. The molecule has 2 saturated heterocycles. The van der Waals surface area contributed by atoms with Crippen LogP contribution in [0.5, 0.6) is 0 Å². The van der Waals surface area contributed by atoms with Gasteiger partial charge in [-0.2, -0.15) is 16.8 Å². The minimum atomic E-state index is -3.78. The summed E-state index contributed by atoms with van der Waals surface area (Å²) in [6.07, 6.45) is 25.6. The molecule has 2 aromatic carbocycles. The van der Waals surface area contributed by atoms with Crippen molar-refractivity contribution in [3.05, 3.63) is 59.7 Å². The van der Waals surface area contributed by atoms with Crippen LogP contribution < -0.4 is 0 Å². The average molecular weight is 1120 g/mol. The lowest BCUT2D eigenvalue weighted by atomic mass is 10.0. The third-order valence-corrected chi connectivity index (χ3v) is 17.5. The quantitative estimate of drug-likeness (QED) is 0.0470. The number of ether oxygens (including phenoxy) is 5. The molecule has 0 spiro atoms. The Morgan fingerprint density at radius 3 is 1.44 bits per heavy atom. The Bertz CT molecular complexity index is 2040. The highest BCUT2D eigenvalue weighted by atomic mass is 32.2. The van der Waals surface area contributed by atoms with Gasteiger partial charge in [-0.3, -0.25) is 8.37 Å². The monoisotopic (exact) mass is 1120 g/mol. The first-order valence-corrected chi connectivity index (χ1v) is 32.7. The minimum absolute atomic E-state index is 0.109. The van der Waals surface area contributed by atoms with Crippen molar-refractivity contribution < 1.29 is 63.9 Å². The van der Waals surface area contributed by atoms with E-state index in [1.807, 2.05) is 18.7 Å². The maximum absolute atomic E-state index is 14.4. The molecule has 2 aliphatic heterocycles. The lowest BCUT2D eigenvalue weighted by Gasteiger charge is -2.40. The molecule has 2 heterocycles. The van der Waals surface area contributed by atoms with Crippen LogP contribution in [0.3, 0.4) is 0 Å². The third-order valence-electron chi connectivity index (χ3n) is 14.8. The molecule has 0 aromatic heterocycles. The van der Waals surface area contributed by atoms with Crippen LogP contribution >= 0.6 is 0 Å². The second-order valence-electron chi connectivity index (χ2n) is 21.7. The molecule has 0 saturated carbocycles. The fourth-order valence-electron chi connectivity index (χ4n) is 10.0. The Labute approximate surface area is 465 Å². The van der Waals surface area contributed by atoms with Crippen LogP contribution in [0, 0.1) is 13.8 Å². The van der Waals surface area contributed by atoms with Crippen molar-refractivity contribution in [3.63, 3.8) is 0 Å². The number of aliphatic hydroxyl groups excluding tert-OH is 2. The maximum atomic E-state index is 14.4. The average Bonchev–Trinajstić information content (AvgIpc) is 3.41. The molecule has 1 amide bonds. The van der Waals surface area contributed by atoms with Crippen LogP contribution in [0.15, 0.2) is 58.3 Å². The predicted molar refractivity (Wildman–Crippen MR) is 302 cm³/mol. The largest absolute Gasteiger partial charge is 0.443 e. The van der Waals surface area contributed by atoms with Crippen LogP contribution in [0.2, 0.25) is 0 Å². The van der Waals surface area contributed by atoms with Gasteiger partial charge in [0.2, 0.25) is 0 Å². The highest BCUT2D eigenvalue weighted by Gasteiger charge is 2.38.